The third-order valence-corrected chi connectivity index (χ3v) is 22.5. The van der Waals surface area contributed by atoms with Crippen LogP contribution in [0.15, 0.2) is 33.3 Å². The van der Waals surface area contributed by atoms with E-state index in [1.54, 1.807) is 12.1 Å². The SMILES string of the molecule is CN1CCN(Cc2ccc(F)cc2)P12=[NH+]P(N1CCCC1)(N1CCCC1)=NP(N1CCCC1)(N1CCCC1)=N2. The molecule has 1 spiro atoms. The van der Waals surface area contributed by atoms with Crippen molar-refractivity contribution in [2.75, 3.05) is 72.5 Å². The normalized spacial score (nSPS) is 32.7. The van der Waals surface area contributed by atoms with Gasteiger partial charge in [-0.1, -0.05) is 12.1 Å². The van der Waals surface area contributed by atoms with Gasteiger partial charge in [0.15, 0.2) is 0 Å². The summed E-state index contributed by atoms with van der Waals surface area (Å²) < 4.78 is 47.1. The molecular formula is C26H46FN9P3+. The minimum Gasteiger partial charge on any atom is -0.239 e. The Labute approximate surface area is 234 Å². The first-order valence-corrected chi connectivity index (χ1v) is 20.1. The van der Waals surface area contributed by atoms with Gasteiger partial charge >= 0.3 is 15.0 Å². The fraction of sp³-hybridized carbons (Fsp3) is 0.769. The Morgan fingerprint density at radius 3 is 1.67 bits per heavy atom. The summed E-state index contributed by atoms with van der Waals surface area (Å²) in [5.74, 6) is -0.165. The maximum absolute atomic E-state index is 13.8. The van der Waals surface area contributed by atoms with Gasteiger partial charge in [-0.25, -0.2) is 27.7 Å². The smallest absolute Gasteiger partial charge is 0.239 e. The van der Waals surface area contributed by atoms with Crippen molar-refractivity contribution in [2.45, 2.75) is 57.9 Å². The van der Waals surface area contributed by atoms with Crippen molar-refractivity contribution in [3.05, 3.63) is 35.6 Å². The number of nitrogens with zero attached hydrogens (tertiary/aromatic N) is 8. The largest absolute Gasteiger partial charge is 0.361 e. The van der Waals surface area contributed by atoms with Crippen LogP contribution in [0.5, 0.6) is 0 Å². The van der Waals surface area contributed by atoms with Crippen LogP contribution in [0.3, 0.4) is 0 Å². The molecule has 7 rings (SSSR count). The van der Waals surface area contributed by atoms with Crippen LogP contribution in [0.1, 0.15) is 56.9 Å². The zero-order chi connectivity index (χ0) is 26.5. The van der Waals surface area contributed by atoms with Gasteiger partial charge in [0.25, 0.3) is 0 Å². The highest BCUT2D eigenvalue weighted by Crippen LogP contribution is 2.77. The van der Waals surface area contributed by atoms with E-state index >= 15 is 0 Å². The standard InChI is InChI=1S/C26H45FN9P3/c1-31-22-23-36(24-25-10-12-26(27)13-11-25)37(31)28-38(32-14-2-3-15-32,33-16-4-5-17-33)30-39(29-37,34-18-6-7-19-34)35-20-8-9-21-35/h10-13H,2-9,14-24H2,1H3/p+1. The lowest BCUT2D eigenvalue weighted by Crippen LogP contribution is -2.71. The van der Waals surface area contributed by atoms with Gasteiger partial charge in [-0.05, 0) is 76.1 Å². The minimum atomic E-state index is -2.29. The fourth-order valence-electron chi connectivity index (χ4n) is 7.29. The quantitative estimate of drug-likeness (QED) is 0.473. The molecule has 1 aromatic carbocycles. The molecule has 5 saturated heterocycles. The molecule has 1 aromatic rings. The van der Waals surface area contributed by atoms with Crippen molar-refractivity contribution >= 4 is 22.5 Å². The molecule has 0 aliphatic carbocycles. The molecule has 39 heavy (non-hydrogen) atoms. The molecule has 6 heterocycles. The van der Waals surface area contributed by atoms with E-state index < -0.39 is 22.5 Å². The van der Waals surface area contributed by atoms with Gasteiger partial charge in [0, 0.05) is 72.0 Å². The van der Waals surface area contributed by atoms with Crippen molar-refractivity contribution in [1.82, 2.24) is 28.0 Å². The highest BCUT2D eigenvalue weighted by molar-refractivity contribution is 7.78. The monoisotopic (exact) mass is 596 g/mol. The summed E-state index contributed by atoms with van der Waals surface area (Å²) in [5, 5.41) is 0. The number of hydrogen-bond acceptors (Lipinski definition) is 8. The van der Waals surface area contributed by atoms with Crippen molar-refractivity contribution < 1.29 is 8.91 Å². The van der Waals surface area contributed by atoms with E-state index in [1.807, 2.05) is 12.1 Å². The van der Waals surface area contributed by atoms with Gasteiger partial charge < -0.3 is 0 Å². The third-order valence-electron chi connectivity index (χ3n) is 9.47. The molecule has 216 valence electrons. The fourth-order valence-corrected chi connectivity index (χ4v) is 24.3. The lowest BCUT2D eigenvalue weighted by molar-refractivity contribution is -0.272. The van der Waals surface area contributed by atoms with Crippen LogP contribution in [0.2, 0.25) is 0 Å². The molecule has 5 fully saturated rings. The Morgan fingerprint density at radius 1 is 0.667 bits per heavy atom. The second-order valence-corrected chi connectivity index (χ2v) is 21.1. The third kappa shape index (κ3) is 4.71. The second-order valence-electron chi connectivity index (χ2n) is 12.0. The highest BCUT2D eigenvalue weighted by atomic mass is 31.3. The molecular weight excluding hydrogens is 550 g/mol. The Balaban J connectivity index is 1.48. The lowest BCUT2D eigenvalue weighted by atomic mass is 10.2. The van der Waals surface area contributed by atoms with Crippen LogP contribution in [-0.4, -0.2) is 101 Å². The Hall–Kier alpha value is -0.400. The van der Waals surface area contributed by atoms with Gasteiger partial charge in [-0.2, -0.15) is 9.19 Å². The number of rotatable bonds is 6. The van der Waals surface area contributed by atoms with Crippen LogP contribution in [0.25, 0.3) is 0 Å². The second kappa shape index (κ2) is 11.0. The van der Waals surface area contributed by atoms with E-state index in [2.05, 4.69) is 39.6 Å². The van der Waals surface area contributed by atoms with Gasteiger partial charge in [0.05, 0.1) is 0 Å². The number of benzene rings is 1. The van der Waals surface area contributed by atoms with Crippen molar-refractivity contribution in [3.8, 4) is 0 Å². The van der Waals surface area contributed by atoms with Crippen molar-refractivity contribution in [1.29, 1.82) is 0 Å². The molecule has 1 atom stereocenters. The van der Waals surface area contributed by atoms with Crippen LogP contribution in [-0.2, 0) is 6.54 Å². The molecule has 0 aromatic heterocycles. The summed E-state index contributed by atoms with van der Waals surface area (Å²) in [5.41, 5.74) is 1.17. The molecule has 9 nitrogen and oxygen atoms in total. The molecule has 6 aliphatic heterocycles. The summed E-state index contributed by atoms with van der Waals surface area (Å²) in [4.78, 5) is 0. The lowest BCUT2D eigenvalue weighted by Gasteiger charge is -2.45. The summed E-state index contributed by atoms with van der Waals surface area (Å²) in [6, 6.07) is 7.15. The highest BCUT2D eigenvalue weighted by Gasteiger charge is 2.58. The predicted octanol–water partition coefficient (Wildman–Crippen LogP) is 4.89. The zero-order valence-electron chi connectivity index (χ0n) is 23.5. The van der Waals surface area contributed by atoms with E-state index in [-0.39, 0.29) is 5.82 Å². The van der Waals surface area contributed by atoms with E-state index in [0.29, 0.717) is 0 Å². The predicted molar refractivity (Wildman–Crippen MR) is 159 cm³/mol. The van der Waals surface area contributed by atoms with Gasteiger partial charge in [0.2, 0.25) is 7.51 Å². The topological polar surface area (TPSA) is 58.1 Å². The van der Waals surface area contributed by atoms with E-state index in [0.717, 1.165) is 72.0 Å². The number of likely N-dealkylation sites (N-methyl/N-ethyl adjacent to an activating group) is 1. The number of nitrogens with one attached hydrogen (secondary N) is 1. The Kier molecular flexibility index (Phi) is 7.75. The van der Waals surface area contributed by atoms with E-state index in [9.17, 15) is 4.39 Å². The molecule has 6 aliphatic rings. The molecule has 1 unspecified atom stereocenters. The summed E-state index contributed by atoms with van der Waals surface area (Å²) in [7, 11) is -4.46. The van der Waals surface area contributed by atoms with Gasteiger partial charge in [-0.15, -0.1) is 9.03 Å². The number of halogens is 1. The molecule has 0 radical (unpaired) electrons. The Morgan fingerprint density at radius 2 is 1.15 bits per heavy atom. The van der Waals surface area contributed by atoms with Gasteiger partial charge in [-0.3, -0.25) is 0 Å². The summed E-state index contributed by atoms with van der Waals surface area (Å²) in [6.07, 6.45) is 10.1. The molecule has 0 bridgehead atoms. The van der Waals surface area contributed by atoms with Crippen molar-refractivity contribution in [2.24, 2.45) is 9.03 Å². The molecule has 0 amide bonds. The van der Waals surface area contributed by atoms with E-state index in [4.69, 9.17) is 9.03 Å². The summed E-state index contributed by atoms with van der Waals surface area (Å²) in [6.45, 7) is 11.9. The molecule has 1 N–H and O–H groups in total. The van der Waals surface area contributed by atoms with Crippen LogP contribution >= 0.6 is 22.5 Å². The Bertz CT molecular complexity index is 1140. The first-order chi connectivity index (χ1) is 19.0. The first-order valence-electron chi connectivity index (χ1n) is 15.2. The summed E-state index contributed by atoms with van der Waals surface area (Å²) >= 11 is 0. The maximum Gasteiger partial charge on any atom is 0.361 e. The van der Waals surface area contributed by atoms with Crippen molar-refractivity contribution in [3.63, 3.8) is 0 Å². The average Bonchev–Trinajstić information content (AvgIpc) is 3.79. The first kappa shape index (κ1) is 27.4. The molecule has 0 saturated carbocycles. The average molecular weight is 597 g/mol. The van der Waals surface area contributed by atoms with Crippen LogP contribution in [0, 0.1) is 5.82 Å². The zero-order valence-corrected chi connectivity index (χ0v) is 26.2. The van der Waals surface area contributed by atoms with Gasteiger partial charge in [0.1, 0.15) is 5.82 Å². The minimum absolute atomic E-state index is 0.165. The maximum atomic E-state index is 13.8. The number of hydrogen-bond donors (Lipinski definition) is 1. The molecule has 13 heteroatoms. The van der Waals surface area contributed by atoms with E-state index in [1.165, 1.54) is 56.9 Å². The van der Waals surface area contributed by atoms with Crippen LogP contribution in [0.4, 0.5) is 4.39 Å². The van der Waals surface area contributed by atoms with Crippen LogP contribution < -0.4 is 4.52 Å².